The van der Waals surface area contributed by atoms with Crippen molar-refractivity contribution in [3.63, 3.8) is 0 Å². The monoisotopic (exact) mass is 445 g/mol. The number of aryl methyl sites for hydroxylation is 4. The van der Waals surface area contributed by atoms with Crippen LogP contribution in [0.3, 0.4) is 0 Å². The second-order valence-corrected chi connectivity index (χ2v) is 8.90. The number of pyridine rings is 1. The van der Waals surface area contributed by atoms with Crippen LogP contribution in [0.15, 0.2) is 91.1 Å². The third kappa shape index (κ3) is 3.92. The summed E-state index contributed by atoms with van der Waals surface area (Å²) in [7, 11) is 1.69. The normalized spacial score (nSPS) is 13.0. The second kappa shape index (κ2) is 8.71. The van der Waals surface area contributed by atoms with E-state index in [1.54, 1.807) is 7.11 Å². The number of ether oxygens (including phenoxy) is 1. The first-order valence-corrected chi connectivity index (χ1v) is 11.8. The van der Waals surface area contributed by atoms with E-state index >= 15 is 0 Å². The highest BCUT2D eigenvalue weighted by Crippen LogP contribution is 2.34. The van der Waals surface area contributed by atoms with Crippen LogP contribution in [-0.2, 0) is 25.7 Å². The van der Waals surface area contributed by atoms with E-state index in [0.717, 1.165) is 59.8 Å². The third-order valence-corrected chi connectivity index (χ3v) is 6.73. The maximum atomic E-state index is 5.36. The number of fused-ring (bicyclic) bond motifs is 1. The van der Waals surface area contributed by atoms with Crippen LogP contribution in [0.5, 0.6) is 5.75 Å². The molecule has 4 aliphatic carbocycles. The Hall–Kier alpha value is -4.05. The number of nitrogens with one attached hydrogen (secondary N) is 1. The van der Waals surface area contributed by atoms with Crippen LogP contribution in [0.4, 0.5) is 11.5 Å². The fourth-order valence-electron chi connectivity index (χ4n) is 4.75. The van der Waals surface area contributed by atoms with Gasteiger partial charge in [-0.3, -0.25) is 4.40 Å². The molecule has 168 valence electrons. The average molecular weight is 446 g/mol. The largest absolute Gasteiger partial charge is 0.497 e. The smallest absolute Gasteiger partial charge is 0.143 e. The van der Waals surface area contributed by atoms with E-state index in [9.17, 15) is 0 Å². The zero-order chi connectivity index (χ0) is 22.9. The topological polar surface area (TPSA) is 38.6 Å². The van der Waals surface area contributed by atoms with Crippen LogP contribution >= 0.6 is 0 Å². The third-order valence-electron chi connectivity index (χ3n) is 6.73. The summed E-state index contributed by atoms with van der Waals surface area (Å²) in [5.74, 6) is 1.82. The first-order chi connectivity index (χ1) is 16.8. The molecule has 0 atom stereocenters. The van der Waals surface area contributed by atoms with E-state index in [4.69, 9.17) is 9.72 Å². The van der Waals surface area contributed by atoms with Crippen LogP contribution in [0, 0.1) is 0 Å². The molecule has 4 bridgehead atoms. The van der Waals surface area contributed by atoms with Gasteiger partial charge in [-0.2, -0.15) is 0 Å². The van der Waals surface area contributed by atoms with Gasteiger partial charge in [-0.05, 0) is 90.4 Å². The molecule has 0 fully saturated rings. The maximum Gasteiger partial charge on any atom is 0.143 e. The molecule has 0 aliphatic heterocycles. The zero-order valence-corrected chi connectivity index (χ0v) is 19.3. The fourth-order valence-corrected chi connectivity index (χ4v) is 4.75. The summed E-state index contributed by atoms with van der Waals surface area (Å²) in [6.07, 6.45) is 6.14. The lowest BCUT2D eigenvalue weighted by Gasteiger charge is -2.17. The molecule has 0 amide bonds. The Kier molecular flexibility index (Phi) is 5.27. The van der Waals surface area contributed by atoms with E-state index in [1.807, 2.05) is 30.3 Å². The molecule has 3 aromatic carbocycles. The van der Waals surface area contributed by atoms with Crippen LogP contribution in [0.2, 0.25) is 0 Å². The van der Waals surface area contributed by atoms with E-state index in [-0.39, 0.29) is 0 Å². The van der Waals surface area contributed by atoms with Crippen molar-refractivity contribution < 1.29 is 4.74 Å². The van der Waals surface area contributed by atoms with Crippen molar-refractivity contribution in [2.75, 3.05) is 12.4 Å². The van der Waals surface area contributed by atoms with E-state index in [0.29, 0.717) is 0 Å². The van der Waals surface area contributed by atoms with Gasteiger partial charge in [-0.25, -0.2) is 4.98 Å². The second-order valence-electron chi connectivity index (χ2n) is 8.90. The molecule has 4 aliphatic rings. The van der Waals surface area contributed by atoms with Crippen LogP contribution in [0.25, 0.3) is 16.9 Å². The SMILES string of the molecule is COc1ccc(-c2nc3ccccn3c2Nc2cc3ccc2CCc2ccc(cc2)CC3)cc1. The molecule has 0 saturated carbocycles. The van der Waals surface area contributed by atoms with Gasteiger partial charge in [-0.15, -0.1) is 0 Å². The number of anilines is 2. The molecule has 0 unspecified atom stereocenters. The van der Waals surface area contributed by atoms with Gasteiger partial charge in [0, 0.05) is 17.4 Å². The molecule has 4 nitrogen and oxygen atoms in total. The highest BCUT2D eigenvalue weighted by molar-refractivity contribution is 5.80. The summed E-state index contributed by atoms with van der Waals surface area (Å²) < 4.78 is 7.50. The standard InChI is InChI=1S/C30H27N3O/c1-34-26-17-15-25(16-18-26)29-30(33-19-3-2-4-28(33)32-29)31-27-20-23-10-9-21-5-7-22(8-6-21)11-13-24(27)14-12-23/h2-8,12,14-20,31H,9-11,13H2,1H3. The van der Waals surface area contributed by atoms with Gasteiger partial charge >= 0.3 is 0 Å². The predicted octanol–water partition coefficient (Wildman–Crippen LogP) is 6.64. The van der Waals surface area contributed by atoms with Crippen LogP contribution in [-0.4, -0.2) is 16.5 Å². The van der Waals surface area contributed by atoms with Crippen molar-refractivity contribution in [2.45, 2.75) is 25.7 Å². The van der Waals surface area contributed by atoms with Crippen molar-refractivity contribution in [3.05, 3.63) is 113 Å². The number of aromatic nitrogens is 2. The molecule has 1 N–H and O–H groups in total. The van der Waals surface area contributed by atoms with Gasteiger partial charge in [0.1, 0.15) is 22.9 Å². The molecule has 0 spiro atoms. The van der Waals surface area contributed by atoms with Gasteiger partial charge in [0.15, 0.2) is 0 Å². The molecule has 5 aromatic rings. The number of hydrogen-bond acceptors (Lipinski definition) is 3. The minimum atomic E-state index is 0.839. The lowest BCUT2D eigenvalue weighted by molar-refractivity contribution is 0.415. The predicted molar refractivity (Wildman–Crippen MR) is 138 cm³/mol. The Morgan fingerprint density at radius 1 is 0.765 bits per heavy atom. The number of methoxy groups -OCH3 is 1. The number of hydrogen-bond donors (Lipinski definition) is 1. The molecule has 34 heavy (non-hydrogen) atoms. The van der Waals surface area contributed by atoms with Crippen LogP contribution in [0.1, 0.15) is 22.3 Å². The van der Waals surface area contributed by atoms with Crippen LogP contribution < -0.4 is 10.1 Å². The highest BCUT2D eigenvalue weighted by Gasteiger charge is 2.16. The number of benzene rings is 3. The summed E-state index contributed by atoms with van der Waals surface area (Å²) in [5, 5.41) is 3.80. The summed E-state index contributed by atoms with van der Waals surface area (Å²) in [5.41, 5.74) is 9.51. The minimum Gasteiger partial charge on any atom is -0.497 e. The van der Waals surface area contributed by atoms with Gasteiger partial charge in [0.05, 0.1) is 7.11 Å². The Labute approximate surface area is 199 Å². The highest BCUT2D eigenvalue weighted by atomic mass is 16.5. The Bertz CT molecular complexity index is 1450. The number of rotatable bonds is 4. The van der Waals surface area contributed by atoms with Crippen molar-refractivity contribution in [1.29, 1.82) is 0 Å². The van der Waals surface area contributed by atoms with Gasteiger partial charge < -0.3 is 10.1 Å². The maximum absolute atomic E-state index is 5.36. The van der Waals surface area contributed by atoms with Crippen molar-refractivity contribution >= 4 is 17.2 Å². The zero-order valence-electron chi connectivity index (χ0n) is 19.3. The molecule has 4 heteroatoms. The molecule has 0 radical (unpaired) electrons. The first-order valence-electron chi connectivity index (χ1n) is 11.8. The molecular formula is C30H27N3O. The quantitative estimate of drug-likeness (QED) is 0.337. The average Bonchev–Trinajstić information content (AvgIpc) is 3.24. The summed E-state index contributed by atoms with van der Waals surface area (Å²) in [6, 6.07) is 30.2. The van der Waals surface area contributed by atoms with E-state index in [2.05, 4.69) is 70.5 Å². The Morgan fingerprint density at radius 3 is 2.24 bits per heavy atom. The summed E-state index contributed by atoms with van der Waals surface area (Å²) in [6.45, 7) is 0. The van der Waals surface area contributed by atoms with Crippen molar-refractivity contribution in [3.8, 4) is 17.0 Å². The fraction of sp³-hybridized carbons (Fsp3) is 0.167. The molecule has 2 aromatic heterocycles. The Morgan fingerprint density at radius 2 is 1.47 bits per heavy atom. The Balaban J connectivity index is 1.43. The molecule has 9 rings (SSSR count). The van der Waals surface area contributed by atoms with Crippen molar-refractivity contribution in [2.24, 2.45) is 0 Å². The van der Waals surface area contributed by atoms with Gasteiger partial charge in [-0.1, -0.05) is 42.5 Å². The first kappa shape index (κ1) is 20.5. The number of imidazole rings is 1. The lowest BCUT2D eigenvalue weighted by Crippen LogP contribution is -2.04. The van der Waals surface area contributed by atoms with E-state index < -0.39 is 0 Å². The lowest BCUT2D eigenvalue weighted by atomic mass is 9.95. The number of nitrogens with zero attached hydrogens (tertiary/aromatic N) is 2. The van der Waals surface area contributed by atoms with E-state index in [1.165, 1.54) is 22.3 Å². The molecule has 2 heterocycles. The summed E-state index contributed by atoms with van der Waals surface area (Å²) >= 11 is 0. The van der Waals surface area contributed by atoms with Gasteiger partial charge in [0.2, 0.25) is 0 Å². The van der Waals surface area contributed by atoms with Gasteiger partial charge in [0.25, 0.3) is 0 Å². The molecule has 0 saturated heterocycles. The summed E-state index contributed by atoms with van der Waals surface area (Å²) in [4.78, 5) is 4.97. The van der Waals surface area contributed by atoms with Crippen molar-refractivity contribution in [1.82, 2.24) is 9.38 Å². The molecular weight excluding hydrogens is 418 g/mol. The minimum absolute atomic E-state index is 0.839.